The Morgan fingerprint density at radius 2 is 2.27 bits per heavy atom. The number of rotatable bonds is 2. The molecule has 2 aliphatic rings. The lowest BCUT2D eigenvalue weighted by atomic mass is 9.88. The Bertz CT molecular complexity index is 745. The minimum atomic E-state index is -0.614. The fourth-order valence-electron chi connectivity index (χ4n) is 3.51. The first kappa shape index (κ1) is 13.3. The number of hydrogen-bond donors (Lipinski definition) is 2. The minimum Gasteiger partial charge on any atom is -0.307 e. The van der Waals surface area contributed by atoms with Gasteiger partial charge in [0.05, 0.1) is 5.69 Å². The Morgan fingerprint density at radius 3 is 3.14 bits per heavy atom. The first-order chi connectivity index (χ1) is 10.8. The van der Waals surface area contributed by atoms with Crippen LogP contribution in [0.2, 0.25) is 0 Å². The molecular weight excluding hydrogens is 276 g/mol. The third-order valence-electron chi connectivity index (χ3n) is 4.57. The highest BCUT2D eigenvalue weighted by Gasteiger charge is 2.50. The van der Waals surface area contributed by atoms with Crippen molar-refractivity contribution in [1.82, 2.24) is 15.2 Å². The largest absolute Gasteiger partial charge is 0.323 e. The standard InChI is InChI=1S/C17H18N4O/c1-2-12-4-3-5-13(10-12)17-14-11-18-7-6-15(14)20-16(22)21(17)9-8-19-17/h3-7,10-11,19H,2,8-9H2,1H3,(H,20,22). The van der Waals surface area contributed by atoms with Crippen LogP contribution in [0.25, 0.3) is 0 Å². The van der Waals surface area contributed by atoms with E-state index in [1.807, 2.05) is 17.2 Å². The van der Waals surface area contributed by atoms with Gasteiger partial charge in [-0.15, -0.1) is 0 Å². The summed E-state index contributed by atoms with van der Waals surface area (Å²) in [7, 11) is 0. The quantitative estimate of drug-likeness (QED) is 0.893. The fourth-order valence-corrected chi connectivity index (χ4v) is 3.51. The van der Waals surface area contributed by atoms with E-state index in [0.717, 1.165) is 29.8 Å². The number of pyridine rings is 1. The zero-order valence-corrected chi connectivity index (χ0v) is 12.5. The second-order valence-electron chi connectivity index (χ2n) is 5.69. The summed E-state index contributed by atoms with van der Waals surface area (Å²) in [5.74, 6) is 0. The third-order valence-corrected chi connectivity index (χ3v) is 4.57. The molecule has 0 radical (unpaired) electrons. The lowest BCUT2D eigenvalue weighted by Gasteiger charge is -2.43. The maximum atomic E-state index is 12.5. The normalized spacial score (nSPS) is 23.0. The Balaban J connectivity index is 1.98. The number of amides is 2. The Hall–Kier alpha value is -2.40. The summed E-state index contributed by atoms with van der Waals surface area (Å²) in [4.78, 5) is 18.7. The van der Waals surface area contributed by atoms with Crippen molar-refractivity contribution in [3.05, 3.63) is 59.4 Å². The Morgan fingerprint density at radius 1 is 1.36 bits per heavy atom. The van der Waals surface area contributed by atoms with Gasteiger partial charge in [-0.2, -0.15) is 0 Å². The molecule has 1 aromatic carbocycles. The molecule has 22 heavy (non-hydrogen) atoms. The summed E-state index contributed by atoms with van der Waals surface area (Å²) in [5.41, 5.74) is 3.57. The minimum absolute atomic E-state index is 0.0643. The van der Waals surface area contributed by atoms with Crippen molar-refractivity contribution in [2.45, 2.75) is 19.0 Å². The predicted octanol–water partition coefficient (Wildman–Crippen LogP) is 2.30. The fraction of sp³-hybridized carbons (Fsp3) is 0.294. The molecule has 5 heteroatoms. The number of anilines is 1. The maximum Gasteiger partial charge on any atom is 0.323 e. The molecule has 2 N–H and O–H groups in total. The lowest BCUT2D eigenvalue weighted by molar-refractivity contribution is 0.165. The molecule has 0 spiro atoms. The van der Waals surface area contributed by atoms with Gasteiger partial charge in [-0.05, 0) is 23.6 Å². The molecule has 2 amide bonds. The second kappa shape index (κ2) is 4.81. The SMILES string of the molecule is CCc1cccc(C23NCCN2C(=O)Nc2ccncc23)c1. The topological polar surface area (TPSA) is 57.3 Å². The number of nitrogens with one attached hydrogen (secondary N) is 2. The van der Waals surface area contributed by atoms with Gasteiger partial charge in [-0.25, -0.2) is 4.79 Å². The molecule has 1 atom stereocenters. The van der Waals surface area contributed by atoms with E-state index in [2.05, 4.69) is 46.8 Å². The third kappa shape index (κ3) is 1.69. The van der Waals surface area contributed by atoms with Gasteiger partial charge in [0.2, 0.25) is 0 Å². The summed E-state index contributed by atoms with van der Waals surface area (Å²) in [6.45, 7) is 3.58. The molecule has 2 aliphatic heterocycles. The Kier molecular flexibility index (Phi) is 2.90. The van der Waals surface area contributed by atoms with Crippen LogP contribution >= 0.6 is 0 Å². The van der Waals surface area contributed by atoms with Crippen molar-refractivity contribution < 1.29 is 4.79 Å². The summed E-state index contributed by atoms with van der Waals surface area (Å²) in [5, 5.41) is 6.51. The number of carbonyl (C=O) groups is 1. The number of aromatic nitrogens is 1. The average Bonchev–Trinajstić information content (AvgIpc) is 3.02. The van der Waals surface area contributed by atoms with E-state index >= 15 is 0 Å². The second-order valence-corrected chi connectivity index (χ2v) is 5.69. The average molecular weight is 294 g/mol. The molecule has 112 valence electrons. The molecule has 5 nitrogen and oxygen atoms in total. The van der Waals surface area contributed by atoms with Crippen molar-refractivity contribution in [2.24, 2.45) is 0 Å². The summed E-state index contributed by atoms with van der Waals surface area (Å²) >= 11 is 0. The number of carbonyl (C=O) groups excluding carboxylic acids is 1. The van der Waals surface area contributed by atoms with Gasteiger partial charge in [0, 0.05) is 31.0 Å². The van der Waals surface area contributed by atoms with Gasteiger partial charge >= 0.3 is 6.03 Å². The predicted molar refractivity (Wildman–Crippen MR) is 84.6 cm³/mol. The molecular formula is C17H18N4O. The van der Waals surface area contributed by atoms with Crippen LogP contribution in [-0.4, -0.2) is 29.0 Å². The van der Waals surface area contributed by atoms with Crippen LogP contribution in [0.5, 0.6) is 0 Å². The van der Waals surface area contributed by atoms with Gasteiger partial charge in [-0.1, -0.05) is 31.2 Å². The van der Waals surface area contributed by atoms with E-state index in [4.69, 9.17) is 0 Å². The molecule has 4 rings (SSSR count). The molecule has 1 saturated heterocycles. The van der Waals surface area contributed by atoms with Crippen molar-refractivity contribution in [3.8, 4) is 0 Å². The zero-order chi connectivity index (χ0) is 15.2. The Labute approximate surface area is 129 Å². The highest BCUT2D eigenvalue weighted by Crippen LogP contribution is 2.42. The van der Waals surface area contributed by atoms with E-state index in [0.29, 0.717) is 6.54 Å². The molecule has 1 aromatic heterocycles. The molecule has 0 aliphatic carbocycles. The molecule has 2 aromatic rings. The highest BCUT2D eigenvalue weighted by atomic mass is 16.2. The molecule has 0 bridgehead atoms. The van der Waals surface area contributed by atoms with Crippen LogP contribution in [0.1, 0.15) is 23.6 Å². The number of fused-ring (bicyclic) bond motifs is 3. The van der Waals surface area contributed by atoms with Crippen LogP contribution < -0.4 is 10.6 Å². The number of nitrogens with zero attached hydrogens (tertiary/aromatic N) is 2. The lowest BCUT2D eigenvalue weighted by Crippen LogP contribution is -2.56. The van der Waals surface area contributed by atoms with E-state index in [1.165, 1.54) is 5.56 Å². The van der Waals surface area contributed by atoms with Gasteiger partial charge < -0.3 is 5.32 Å². The molecule has 3 heterocycles. The first-order valence-electron chi connectivity index (χ1n) is 7.63. The number of aryl methyl sites for hydroxylation is 1. The van der Waals surface area contributed by atoms with Crippen molar-refractivity contribution >= 4 is 11.7 Å². The monoisotopic (exact) mass is 294 g/mol. The maximum absolute atomic E-state index is 12.5. The summed E-state index contributed by atoms with van der Waals surface area (Å²) in [6.07, 6.45) is 4.52. The van der Waals surface area contributed by atoms with Crippen LogP contribution in [0.3, 0.4) is 0 Å². The first-order valence-corrected chi connectivity index (χ1v) is 7.63. The summed E-state index contributed by atoms with van der Waals surface area (Å²) < 4.78 is 0. The van der Waals surface area contributed by atoms with E-state index in [-0.39, 0.29) is 6.03 Å². The van der Waals surface area contributed by atoms with Crippen LogP contribution in [0.4, 0.5) is 10.5 Å². The smallest absolute Gasteiger partial charge is 0.307 e. The molecule has 1 unspecified atom stereocenters. The van der Waals surface area contributed by atoms with E-state index < -0.39 is 5.66 Å². The van der Waals surface area contributed by atoms with Crippen LogP contribution in [0.15, 0.2) is 42.7 Å². The van der Waals surface area contributed by atoms with Crippen molar-refractivity contribution in [1.29, 1.82) is 0 Å². The van der Waals surface area contributed by atoms with Crippen LogP contribution in [0, 0.1) is 0 Å². The highest BCUT2D eigenvalue weighted by molar-refractivity contribution is 5.94. The van der Waals surface area contributed by atoms with Crippen molar-refractivity contribution in [3.63, 3.8) is 0 Å². The summed E-state index contributed by atoms with van der Waals surface area (Å²) in [6, 6.07) is 10.2. The van der Waals surface area contributed by atoms with Crippen LogP contribution in [-0.2, 0) is 12.1 Å². The number of hydrogen-bond acceptors (Lipinski definition) is 3. The van der Waals surface area contributed by atoms with Gasteiger partial charge in [0.1, 0.15) is 0 Å². The zero-order valence-electron chi connectivity index (χ0n) is 12.5. The molecule has 0 saturated carbocycles. The van der Waals surface area contributed by atoms with Gasteiger partial charge in [-0.3, -0.25) is 15.2 Å². The van der Waals surface area contributed by atoms with Gasteiger partial charge in [0.15, 0.2) is 5.66 Å². The number of urea groups is 1. The molecule has 1 fully saturated rings. The van der Waals surface area contributed by atoms with Gasteiger partial charge in [0.25, 0.3) is 0 Å². The van der Waals surface area contributed by atoms with E-state index in [1.54, 1.807) is 6.20 Å². The number of benzene rings is 1. The van der Waals surface area contributed by atoms with Crippen molar-refractivity contribution in [2.75, 3.05) is 18.4 Å². The van der Waals surface area contributed by atoms with E-state index in [9.17, 15) is 4.79 Å².